The number of nitrogens with one attached hydrogen (secondary N) is 2. The van der Waals surface area contributed by atoms with Gasteiger partial charge in [0.15, 0.2) is 11.6 Å². The van der Waals surface area contributed by atoms with Crippen LogP contribution in [0.25, 0.3) is 10.9 Å². The number of aromatic nitrogens is 1. The van der Waals surface area contributed by atoms with Crippen LogP contribution in [0, 0.1) is 17.5 Å². The Labute approximate surface area is 274 Å². The number of para-hydroxylation sites is 1. The number of aliphatic hydroxyl groups is 1. The van der Waals surface area contributed by atoms with E-state index < -0.39 is 33.8 Å². The normalized spacial score (nSPS) is 19.0. The number of H-pyrrole nitrogens is 1. The number of rotatable bonds is 8. The van der Waals surface area contributed by atoms with Gasteiger partial charge in [-0.25, -0.2) is 8.78 Å². The van der Waals surface area contributed by atoms with E-state index >= 15 is 8.78 Å². The third-order valence-electron chi connectivity index (χ3n) is 8.28. The van der Waals surface area contributed by atoms with E-state index in [1.165, 1.54) is 41.7 Å². The number of aldehydes is 1. The lowest BCUT2D eigenvalue weighted by atomic mass is 9.75. The van der Waals surface area contributed by atoms with Gasteiger partial charge in [0, 0.05) is 54.2 Å². The fraction of sp³-hybridized carbons (Fsp3) is 0.324. The third-order valence-corrected chi connectivity index (χ3v) is 10.3. The molecule has 0 saturated heterocycles. The van der Waals surface area contributed by atoms with Crippen molar-refractivity contribution in [2.75, 3.05) is 27.0 Å². The average molecular weight is 672 g/mol. The molecule has 0 amide bonds. The molecule has 0 saturated carbocycles. The molecule has 0 radical (unpaired) electrons. The predicted octanol–water partition coefficient (Wildman–Crippen LogP) is 7.89. The van der Waals surface area contributed by atoms with Crippen LogP contribution in [0.1, 0.15) is 44.5 Å². The number of ether oxygens (including phenoxy) is 2. The Morgan fingerprint density at radius 2 is 1.91 bits per heavy atom. The molecule has 3 heterocycles. The second-order valence-electron chi connectivity index (χ2n) is 11.6. The molecule has 12 heteroatoms. The van der Waals surface area contributed by atoms with Gasteiger partial charge in [-0.05, 0) is 63.8 Å². The van der Waals surface area contributed by atoms with Crippen LogP contribution >= 0.6 is 23.5 Å². The first-order chi connectivity index (χ1) is 22.0. The Hall–Kier alpha value is -3.74. The molecular weight excluding hydrogens is 636 g/mol. The zero-order valence-electron chi connectivity index (χ0n) is 26.3. The summed E-state index contributed by atoms with van der Waals surface area (Å²) >= 11 is 2.69. The minimum Gasteiger partial charge on any atom is -0.492 e. The van der Waals surface area contributed by atoms with E-state index in [4.69, 9.17) is 14.6 Å². The fourth-order valence-electron chi connectivity index (χ4n) is 5.98. The number of benzene rings is 3. The number of halogens is 3. The van der Waals surface area contributed by atoms with Crippen molar-refractivity contribution in [3.8, 4) is 17.2 Å². The van der Waals surface area contributed by atoms with Crippen molar-refractivity contribution in [3.63, 3.8) is 0 Å². The van der Waals surface area contributed by atoms with Crippen molar-refractivity contribution in [3.05, 3.63) is 89.1 Å². The van der Waals surface area contributed by atoms with Crippen molar-refractivity contribution >= 4 is 40.7 Å². The van der Waals surface area contributed by atoms with E-state index in [1.807, 2.05) is 50.2 Å². The van der Waals surface area contributed by atoms with E-state index in [-0.39, 0.29) is 17.0 Å². The molecule has 2 aliphatic rings. The molecule has 2 unspecified atom stereocenters. The summed E-state index contributed by atoms with van der Waals surface area (Å²) in [6.07, 6.45) is 6.22. The Bertz CT molecular complexity index is 1810. The minimum absolute atomic E-state index is 0.0655. The lowest BCUT2D eigenvalue weighted by molar-refractivity contribution is -0.109. The van der Waals surface area contributed by atoms with Gasteiger partial charge < -0.3 is 34.6 Å². The molecule has 7 nitrogen and oxygen atoms in total. The number of carbonyl (C=O) groups is 1. The predicted molar refractivity (Wildman–Crippen MR) is 176 cm³/mol. The second-order valence-corrected chi connectivity index (χ2v) is 14.2. The largest absolute Gasteiger partial charge is 0.492 e. The van der Waals surface area contributed by atoms with Gasteiger partial charge in [-0.15, -0.1) is 23.5 Å². The SMILES string of the molecule is CO.CSc1c(Oc2ccc(F)c(C3NC=C(C4(C)CCOc5c(SC(C)(C)C=O)cccc54)N3C)c2)c(F)c(F)c2[nH]ccc12. The number of aromatic amines is 1. The van der Waals surface area contributed by atoms with Crippen LogP contribution in [0.5, 0.6) is 17.2 Å². The number of hydrogen-bond acceptors (Lipinski definition) is 8. The summed E-state index contributed by atoms with van der Waals surface area (Å²) in [4.78, 5) is 17.7. The van der Waals surface area contributed by atoms with Gasteiger partial charge in [0.2, 0.25) is 5.82 Å². The number of hydrogen-bond donors (Lipinski definition) is 3. The first kappa shape index (κ1) is 33.6. The zero-order valence-corrected chi connectivity index (χ0v) is 28.0. The monoisotopic (exact) mass is 671 g/mol. The maximum absolute atomic E-state index is 15.4. The number of thioether (sulfide) groups is 2. The molecular formula is C34H36F3N3O4S2. The molecule has 0 bridgehead atoms. The van der Waals surface area contributed by atoms with Gasteiger partial charge in [-0.3, -0.25) is 0 Å². The smallest absolute Gasteiger partial charge is 0.204 e. The molecule has 244 valence electrons. The number of likely N-dealkylation sites (N-methyl/N-ethyl adjacent to an activating group) is 1. The highest BCUT2D eigenvalue weighted by Gasteiger charge is 2.43. The molecule has 0 aliphatic carbocycles. The summed E-state index contributed by atoms with van der Waals surface area (Å²) in [5.41, 5.74) is 1.80. The van der Waals surface area contributed by atoms with E-state index in [1.54, 1.807) is 18.5 Å². The van der Waals surface area contributed by atoms with Crippen LogP contribution in [0.3, 0.4) is 0 Å². The molecule has 0 spiro atoms. The van der Waals surface area contributed by atoms with E-state index in [2.05, 4.69) is 17.2 Å². The highest BCUT2D eigenvalue weighted by molar-refractivity contribution is 8.01. The quantitative estimate of drug-likeness (QED) is 0.129. The van der Waals surface area contributed by atoms with Crippen LogP contribution in [-0.2, 0) is 10.2 Å². The zero-order chi connectivity index (χ0) is 33.4. The van der Waals surface area contributed by atoms with Gasteiger partial charge in [-0.2, -0.15) is 4.39 Å². The summed E-state index contributed by atoms with van der Waals surface area (Å²) in [5, 5.41) is 10.8. The van der Waals surface area contributed by atoms with Crippen LogP contribution in [-0.4, -0.2) is 53.0 Å². The highest BCUT2D eigenvalue weighted by Crippen LogP contribution is 2.51. The highest BCUT2D eigenvalue weighted by atomic mass is 32.2. The van der Waals surface area contributed by atoms with Gasteiger partial charge in [0.1, 0.15) is 29.8 Å². The second kappa shape index (κ2) is 13.2. The Balaban J connectivity index is 0.00000204. The van der Waals surface area contributed by atoms with E-state index in [0.717, 1.165) is 35.3 Å². The number of carbonyl (C=O) groups excluding carboxylic acids is 1. The van der Waals surface area contributed by atoms with Crippen molar-refractivity contribution in [1.29, 1.82) is 0 Å². The Morgan fingerprint density at radius 1 is 1.15 bits per heavy atom. The fourth-order valence-corrected chi connectivity index (χ4v) is 7.71. The van der Waals surface area contributed by atoms with Crippen LogP contribution in [0.2, 0.25) is 0 Å². The summed E-state index contributed by atoms with van der Waals surface area (Å²) in [7, 11) is 2.89. The van der Waals surface area contributed by atoms with Crippen molar-refractivity contribution in [1.82, 2.24) is 15.2 Å². The lowest BCUT2D eigenvalue weighted by Crippen LogP contribution is -2.38. The van der Waals surface area contributed by atoms with Gasteiger partial charge >= 0.3 is 0 Å². The molecule has 3 N–H and O–H groups in total. The Morgan fingerprint density at radius 3 is 2.63 bits per heavy atom. The van der Waals surface area contributed by atoms with Crippen molar-refractivity contribution in [2.24, 2.45) is 0 Å². The molecule has 4 aromatic rings. The summed E-state index contributed by atoms with van der Waals surface area (Å²) in [6, 6.07) is 11.8. The maximum Gasteiger partial charge on any atom is 0.204 e. The molecule has 46 heavy (non-hydrogen) atoms. The maximum atomic E-state index is 15.4. The van der Waals surface area contributed by atoms with Gasteiger partial charge in [0.25, 0.3) is 0 Å². The van der Waals surface area contributed by atoms with Gasteiger partial charge in [-0.1, -0.05) is 12.1 Å². The molecule has 0 fully saturated rings. The molecule has 1 aromatic heterocycles. The summed E-state index contributed by atoms with van der Waals surface area (Å²) in [6.45, 7) is 6.34. The molecule has 2 aliphatic heterocycles. The van der Waals surface area contributed by atoms with Crippen molar-refractivity contribution in [2.45, 2.75) is 53.3 Å². The average Bonchev–Trinajstić information content (AvgIpc) is 3.70. The third kappa shape index (κ3) is 5.82. The molecule has 6 rings (SSSR count). The number of aliphatic hydroxyl groups excluding tert-OH is 1. The number of fused-ring (bicyclic) bond motifs is 2. The number of allylic oxidation sites excluding steroid dienone is 1. The standard InChI is InChI=1S/C33H32F3N3O3S2.CH4O/c1-32(2,17-40)44-23-8-6-7-21-28(23)41-14-12-33(21,3)24-16-38-31(39(24)4)20-15-18(9-10-22(20)34)42-29-26(36)25(35)27-19(11-13-37-27)30(29)43-5;1-2/h6-11,13,15-17,31,37-38H,12,14H2,1-5H3;2H,1H3. The van der Waals surface area contributed by atoms with E-state index in [0.29, 0.717) is 28.9 Å². The Kier molecular flexibility index (Phi) is 9.63. The van der Waals surface area contributed by atoms with Gasteiger partial charge in [0.05, 0.1) is 26.7 Å². The van der Waals surface area contributed by atoms with Crippen molar-refractivity contribution < 1.29 is 32.5 Å². The lowest BCUT2D eigenvalue weighted by Gasteiger charge is -2.41. The molecule has 2 atom stereocenters. The van der Waals surface area contributed by atoms with Crippen LogP contribution in [0.4, 0.5) is 13.2 Å². The summed E-state index contributed by atoms with van der Waals surface area (Å²) in [5.74, 6) is -1.94. The minimum atomic E-state index is -1.12. The molecule has 3 aromatic carbocycles. The van der Waals surface area contributed by atoms with Crippen LogP contribution < -0.4 is 14.8 Å². The first-order valence-electron chi connectivity index (χ1n) is 14.5. The first-order valence-corrected chi connectivity index (χ1v) is 16.6. The summed E-state index contributed by atoms with van der Waals surface area (Å²) < 4.78 is 56.9. The van der Waals surface area contributed by atoms with Crippen LogP contribution in [0.15, 0.2) is 70.3 Å². The number of nitrogens with zero attached hydrogens (tertiary/aromatic N) is 1. The van der Waals surface area contributed by atoms with E-state index in [9.17, 15) is 9.18 Å². The topological polar surface area (TPSA) is 86.8 Å².